The maximum atomic E-state index is 11.6. The fourth-order valence-electron chi connectivity index (χ4n) is 1.78. The van der Waals surface area contributed by atoms with Gasteiger partial charge in [-0.3, -0.25) is 0 Å². The van der Waals surface area contributed by atoms with Crippen LogP contribution in [0.3, 0.4) is 0 Å². The van der Waals surface area contributed by atoms with Crippen molar-refractivity contribution in [2.24, 2.45) is 5.92 Å². The van der Waals surface area contributed by atoms with Crippen molar-refractivity contribution in [1.82, 2.24) is 10.6 Å². The molecule has 104 valence electrons. The standard InChI is InChI=1S/C12H22N2O4/c1-3-9(6-8-4-5-8)14-12(17)13-7-10(18-2)11(15)16/h8-10H,3-7H2,1-2H3,(H,15,16)(H2,13,14,17). The van der Waals surface area contributed by atoms with Crippen molar-refractivity contribution in [2.45, 2.75) is 44.8 Å². The third kappa shape index (κ3) is 5.35. The molecule has 1 saturated carbocycles. The van der Waals surface area contributed by atoms with Gasteiger partial charge in [0.05, 0.1) is 6.54 Å². The van der Waals surface area contributed by atoms with Gasteiger partial charge < -0.3 is 20.5 Å². The number of carboxylic acids is 1. The highest BCUT2D eigenvalue weighted by atomic mass is 16.5. The molecule has 0 aromatic carbocycles. The number of carbonyl (C=O) groups excluding carboxylic acids is 1. The van der Waals surface area contributed by atoms with Gasteiger partial charge in [0.2, 0.25) is 0 Å². The number of urea groups is 1. The van der Waals surface area contributed by atoms with Crippen LogP contribution in [-0.4, -0.2) is 42.9 Å². The Morgan fingerprint density at radius 1 is 1.44 bits per heavy atom. The van der Waals surface area contributed by atoms with E-state index in [0.717, 1.165) is 18.8 Å². The highest BCUT2D eigenvalue weighted by molar-refractivity contribution is 5.77. The van der Waals surface area contributed by atoms with Crippen LogP contribution in [0.25, 0.3) is 0 Å². The number of rotatable bonds is 8. The lowest BCUT2D eigenvalue weighted by atomic mass is 10.1. The molecule has 6 nitrogen and oxygen atoms in total. The average molecular weight is 258 g/mol. The van der Waals surface area contributed by atoms with Crippen molar-refractivity contribution in [3.63, 3.8) is 0 Å². The van der Waals surface area contributed by atoms with Crippen LogP contribution in [0.2, 0.25) is 0 Å². The molecule has 1 fully saturated rings. The Balaban J connectivity index is 2.24. The quantitative estimate of drug-likeness (QED) is 0.605. The number of hydrogen-bond acceptors (Lipinski definition) is 3. The predicted molar refractivity (Wildman–Crippen MR) is 66.4 cm³/mol. The smallest absolute Gasteiger partial charge is 0.334 e. The largest absolute Gasteiger partial charge is 0.479 e. The predicted octanol–water partition coefficient (Wildman–Crippen LogP) is 0.964. The lowest BCUT2D eigenvalue weighted by molar-refractivity contribution is -0.147. The van der Waals surface area contributed by atoms with E-state index in [-0.39, 0.29) is 18.6 Å². The van der Waals surface area contributed by atoms with Gasteiger partial charge in [-0.15, -0.1) is 0 Å². The van der Waals surface area contributed by atoms with Gasteiger partial charge in [-0.2, -0.15) is 0 Å². The van der Waals surface area contributed by atoms with Crippen LogP contribution >= 0.6 is 0 Å². The molecule has 2 unspecified atom stereocenters. The molecule has 1 rings (SSSR count). The van der Waals surface area contributed by atoms with Crippen LogP contribution in [0.5, 0.6) is 0 Å². The molecular formula is C12H22N2O4. The number of nitrogens with one attached hydrogen (secondary N) is 2. The molecule has 1 aliphatic carbocycles. The zero-order chi connectivity index (χ0) is 13.5. The van der Waals surface area contributed by atoms with Crippen LogP contribution in [0.4, 0.5) is 4.79 Å². The van der Waals surface area contributed by atoms with Crippen molar-refractivity contribution in [3.05, 3.63) is 0 Å². The van der Waals surface area contributed by atoms with Crippen LogP contribution in [0.1, 0.15) is 32.6 Å². The van der Waals surface area contributed by atoms with Gasteiger partial charge in [0.15, 0.2) is 6.10 Å². The number of hydrogen-bond donors (Lipinski definition) is 3. The maximum absolute atomic E-state index is 11.6. The Morgan fingerprint density at radius 2 is 2.11 bits per heavy atom. The van der Waals surface area contributed by atoms with E-state index in [2.05, 4.69) is 10.6 Å². The third-order valence-corrected chi connectivity index (χ3v) is 3.15. The topological polar surface area (TPSA) is 87.7 Å². The normalized spacial score (nSPS) is 17.9. The van der Waals surface area contributed by atoms with Gasteiger partial charge in [0.1, 0.15) is 0 Å². The first-order valence-corrected chi connectivity index (χ1v) is 6.36. The van der Waals surface area contributed by atoms with E-state index in [4.69, 9.17) is 9.84 Å². The van der Waals surface area contributed by atoms with Gasteiger partial charge >= 0.3 is 12.0 Å². The van der Waals surface area contributed by atoms with Crippen LogP contribution in [0.15, 0.2) is 0 Å². The Morgan fingerprint density at radius 3 is 2.56 bits per heavy atom. The van der Waals surface area contributed by atoms with Gasteiger partial charge in [-0.25, -0.2) is 9.59 Å². The number of amides is 2. The van der Waals surface area contributed by atoms with Gasteiger partial charge in [-0.1, -0.05) is 19.8 Å². The molecule has 0 heterocycles. The van der Waals surface area contributed by atoms with E-state index in [1.54, 1.807) is 0 Å². The second-order valence-corrected chi connectivity index (χ2v) is 4.70. The van der Waals surface area contributed by atoms with Gasteiger partial charge in [-0.05, 0) is 18.8 Å². The van der Waals surface area contributed by atoms with Crippen molar-refractivity contribution in [1.29, 1.82) is 0 Å². The first kappa shape index (κ1) is 14.8. The molecule has 1 aliphatic rings. The molecule has 0 aromatic heterocycles. The van der Waals surface area contributed by atoms with Crippen molar-refractivity contribution in [2.75, 3.05) is 13.7 Å². The summed E-state index contributed by atoms with van der Waals surface area (Å²) in [5.41, 5.74) is 0. The van der Waals surface area contributed by atoms with E-state index in [0.29, 0.717) is 0 Å². The number of carboxylic acid groups (broad SMARTS) is 1. The molecular weight excluding hydrogens is 236 g/mol. The first-order valence-electron chi connectivity index (χ1n) is 6.36. The Kier molecular flexibility index (Phi) is 5.91. The van der Waals surface area contributed by atoms with Crippen molar-refractivity contribution < 1.29 is 19.4 Å². The highest BCUT2D eigenvalue weighted by Crippen LogP contribution is 2.33. The van der Waals surface area contributed by atoms with Crippen LogP contribution < -0.4 is 10.6 Å². The van der Waals surface area contributed by atoms with Crippen molar-refractivity contribution >= 4 is 12.0 Å². The summed E-state index contributed by atoms with van der Waals surface area (Å²) in [7, 11) is 1.31. The van der Waals surface area contributed by atoms with Crippen LogP contribution in [0, 0.1) is 5.92 Å². The lowest BCUT2D eigenvalue weighted by Gasteiger charge is -2.18. The van der Waals surface area contributed by atoms with E-state index in [1.165, 1.54) is 20.0 Å². The molecule has 0 radical (unpaired) electrons. The van der Waals surface area contributed by atoms with Crippen molar-refractivity contribution in [3.8, 4) is 0 Å². The zero-order valence-corrected chi connectivity index (χ0v) is 10.9. The second kappa shape index (κ2) is 7.20. The summed E-state index contributed by atoms with van der Waals surface area (Å²) in [6.07, 6.45) is 3.40. The summed E-state index contributed by atoms with van der Waals surface area (Å²) in [4.78, 5) is 22.3. The number of carbonyl (C=O) groups is 2. The molecule has 0 spiro atoms. The number of methoxy groups -OCH3 is 1. The summed E-state index contributed by atoms with van der Waals surface area (Å²) < 4.78 is 4.73. The molecule has 2 atom stereocenters. The summed E-state index contributed by atoms with van der Waals surface area (Å²) in [5, 5.41) is 14.1. The average Bonchev–Trinajstić information content (AvgIpc) is 3.12. The van der Waals surface area contributed by atoms with E-state index >= 15 is 0 Å². The van der Waals surface area contributed by atoms with E-state index < -0.39 is 12.1 Å². The zero-order valence-electron chi connectivity index (χ0n) is 10.9. The highest BCUT2D eigenvalue weighted by Gasteiger charge is 2.25. The minimum Gasteiger partial charge on any atom is -0.479 e. The monoisotopic (exact) mass is 258 g/mol. The molecule has 0 saturated heterocycles. The van der Waals surface area contributed by atoms with Gasteiger partial charge in [0.25, 0.3) is 0 Å². The summed E-state index contributed by atoms with van der Waals surface area (Å²) in [6.45, 7) is 2.00. The van der Waals surface area contributed by atoms with Gasteiger partial charge in [0, 0.05) is 13.2 Å². The lowest BCUT2D eigenvalue weighted by Crippen LogP contribution is -2.46. The third-order valence-electron chi connectivity index (χ3n) is 3.15. The fraction of sp³-hybridized carbons (Fsp3) is 0.833. The molecule has 0 aliphatic heterocycles. The molecule has 3 N–H and O–H groups in total. The minimum atomic E-state index is -1.08. The molecule has 6 heteroatoms. The Bertz CT molecular complexity index is 292. The minimum absolute atomic E-state index is 0.0302. The SMILES string of the molecule is CCC(CC1CC1)NC(=O)NCC(OC)C(=O)O. The molecule has 0 aromatic rings. The second-order valence-electron chi connectivity index (χ2n) is 4.70. The van der Waals surface area contributed by atoms with E-state index in [1.807, 2.05) is 6.92 Å². The Hall–Kier alpha value is -1.30. The fourth-order valence-corrected chi connectivity index (χ4v) is 1.78. The molecule has 2 amide bonds. The summed E-state index contributed by atoms with van der Waals surface area (Å²) >= 11 is 0. The summed E-state index contributed by atoms with van der Waals surface area (Å²) in [6, 6.07) is -0.158. The summed E-state index contributed by atoms with van der Waals surface area (Å²) in [5.74, 6) is -0.330. The number of ether oxygens (including phenoxy) is 1. The van der Waals surface area contributed by atoms with Crippen LogP contribution in [-0.2, 0) is 9.53 Å². The first-order chi connectivity index (χ1) is 8.56. The number of aliphatic carboxylic acids is 1. The Labute approximate surface area is 107 Å². The van der Waals surface area contributed by atoms with E-state index in [9.17, 15) is 9.59 Å². The molecule has 18 heavy (non-hydrogen) atoms. The maximum Gasteiger partial charge on any atom is 0.334 e. The molecule has 0 bridgehead atoms.